The van der Waals surface area contributed by atoms with Crippen molar-refractivity contribution in [3.05, 3.63) is 83.8 Å². The summed E-state index contributed by atoms with van der Waals surface area (Å²) in [4.78, 5) is 26.5. The minimum atomic E-state index is -0.164. The fraction of sp³-hybridized carbons (Fsp3) is 0.182. The van der Waals surface area contributed by atoms with Gasteiger partial charge < -0.3 is 14.6 Å². The molecule has 0 fully saturated rings. The number of furan rings is 1. The van der Waals surface area contributed by atoms with Gasteiger partial charge in [-0.05, 0) is 49.4 Å². The molecule has 5 heteroatoms. The normalized spacial score (nSPS) is 10.4. The lowest BCUT2D eigenvalue weighted by Crippen LogP contribution is -2.30. The van der Waals surface area contributed by atoms with Gasteiger partial charge in [0.25, 0.3) is 5.91 Å². The zero-order chi connectivity index (χ0) is 19.2. The van der Waals surface area contributed by atoms with E-state index in [2.05, 4.69) is 5.32 Å². The lowest BCUT2D eigenvalue weighted by Gasteiger charge is -2.22. The van der Waals surface area contributed by atoms with Crippen molar-refractivity contribution in [2.75, 3.05) is 10.2 Å². The van der Waals surface area contributed by atoms with Gasteiger partial charge in [-0.25, -0.2) is 0 Å². The maximum atomic E-state index is 13.2. The Balaban J connectivity index is 1.91. The smallest absolute Gasteiger partial charge is 0.258 e. The van der Waals surface area contributed by atoms with Crippen molar-refractivity contribution in [2.45, 2.75) is 26.8 Å². The topological polar surface area (TPSA) is 62.6 Å². The molecule has 0 unspecified atom stereocenters. The Bertz CT molecular complexity index is 915. The van der Waals surface area contributed by atoms with E-state index < -0.39 is 0 Å². The third-order valence-electron chi connectivity index (χ3n) is 4.20. The first-order chi connectivity index (χ1) is 13.1. The number of hydrogen-bond acceptors (Lipinski definition) is 3. The predicted molar refractivity (Wildman–Crippen MR) is 106 cm³/mol. The molecular weight excluding hydrogens is 340 g/mol. The van der Waals surface area contributed by atoms with Crippen LogP contribution in [0.5, 0.6) is 0 Å². The first-order valence-corrected chi connectivity index (χ1v) is 8.87. The van der Waals surface area contributed by atoms with Gasteiger partial charge in [0.1, 0.15) is 5.76 Å². The van der Waals surface area contributed by atoms with Crippen LogP contribution in [0.3, 0.4) is 0 Å². The van der Waals surface area contributed by atoms with Gasteiger partial charge in [-0.15, -0.1) is 0 Å². The molecule has 0 saturated heterocycles. The molecule has 0 aliphatic heterocycles. The highest BCUT2D eigenvalue weighted by Crippen LogP contribution is 2.22. The largest absolute Gasteiger partial charge is 0.467 e. The van der Waals surface area contributed by atoms with E-state index in [1.807, 2.05) is 37.3 Å². The van der Waals surface area contributed by atoms with E-state index in [9.17, 15) is 9.59 Å². The molecule has 2 aromatic carbocycles. The van der Waals surface area contributed by atoms with Crippen molar-refractivity contribution in [1.82, 2.24) is 0 Å². The Kier molecular flexibility index (Phi) is 5.71. The molecule has 1 heterocycles. The van der Waals surface area contributed by atoms with E-state index in [4.69, 9.17) is 4.42 Å². The number of nitrogens with one attached hydrogen (secondary N) is 1. The van der Waals surface area contributed by atoms with Gasteiger partial charge in [0, 0.05) is 23.4 Å². The van der Waals surface area contributed by atoms with E-state index in [1.165, 1.54) is 0 Å². The van der Waals surface area contributed by atoms with Crippen LogP contribution in [0.2, 0.25) is 0 Å². The Morgan fingerprint density at radius 3 is 2.48 bits per heavy atom. The molecule has 0 aliphatic carbocycles. The maximum Gasteiger partial charge on any atom is 0.258 e. The van der Waals surface area contributed by atoms with Crippen LogP contribution in [0.4, 0.5) is 11.4 Å². The van der Waals surface area contributed by atoms with E-state index in [1.54, 1.807) is 48.4 Å². The summed E-state index contributed by atoms with van der Waals surface area (Å²) in [5.41, 5.74) is 3.00. The first kappa shape index (κ1) is 18.5. The molecule has 27 heavy (non-hydrogen) atoms. The molecule has 0 atom stereocenters. The van der Waals surface area contributed by atoms with Crippen LogP contribution in [0.15, 0.2) is 71.3 Å². The van der Waals surface area contributed by atoms with Crippen molar-refractivity contribution < 1.29 is 14.0 Å². The lowest BCUT2D eigenvalue weighted by atomic mass is 10.1. The van der Waals surface area contributed by atoms with Crippen LogP contribution in [-0.2, 0) is 11.3 Å². The van der Waals surface area contributed by atoms with E-state index in [0.717, 1.165) is 11.3 Å². The molecule has 1 N–H and O–H groups in total. The quantitative estimate of drug-likeness (QED) is 0.686. The van der Waals surface area contributed by atoms with Gasteiger partial charge in [-0.3, -0.25) is 9.59 Å². The van der Waals surface area contributed by atoms with Gasteiger partial charge >= 0.3 is 0 Å². The highest BCUT2D eigenvalue weighted by Gasteiger charge is 2.20. The maximum absolute atomic E-state index is 13.2. The summed E-state index contributed by atoms with van der Waals surface area (Å²) in [7, 11) is 0. The van der Waals surface area contributed by atoms with Crippen molar-refractivity contribution in [3.8, 4) is 0 Å². The van der Waals surface area contributed by atoms with Crippen molar-refractivity contribution in [1.29, 1.82) is 0 Å². The number of amides is 2. The second kappa shape index (κ2) is 8.36. The summed E-state index contributed by atoms with van der Waals surface area (Å²) in [5, 5.41) is 2.79. The standard InChI is InChI=1S/C22H22N2O3/c1-3-21(25)23-18-7-4-6-17(14-18)22(26)24(15-20-8-5-13-27-20)19-11-9-16(2)10-12-19/h4-14H,3,15H2,1-2H3,(H,23,25). The fourth-order valence-electron chi connectivity index (χ4n) is 2.70. The Labute approximate surface area is 158 Å². The Morgan fingerprint density at radius 2 is 1.81 bits per heavy atom. The summed E-state index contributed by atoms with van der Waals surface area (Å²) >= 11 is 0. The zero-order valence-corrected chi connectivity index (χ0v) is 15.4. The predicted octanol–water partition coefficient (Wildman–Crippen LogP) is 4.78. The van der Waals surface area contributed by atoms with E-state index >= 15 is 0 Å². The van der Waals surface area contributed by atoms with E-state index in [0.29, 0.717) is 30.0 Å². The van der Waals surface area contributed by atoms with Crippen LogP contribution >= 0.6 is 0 Å². The van der Waals surface area contributed by atoms with Crippen LogP contribution in [-0.4, -0.2) is 11.8 Å². The van der Waals surface area contributed by atoms with Crippen LogP contribution in [0.1, 0.15) is 35.0 Å². The van der Waals surface area contributed by atoms with Crippen molar-refractivity contribution >= 4 is 23.2 Å². The first-order valence-electron chi connectivity index (χ1n) is 8.87. The number of nitrogens with zero attached hydrogens (tertiary/aromatic N) is 1. The molecule has 1 aromatic heterocycles. The number of hydrogen-bond donors (Lipinski definition) is 1. The molecule has 0 saturated carbocycles. The minimum Gasteiger partial charge on any atom is -0.467 e. The molecule has 138 valence electrons. The molecule has 5 nitrogen and oxygen atoms in total. The molecule has 3 rings (SSSR count). The average molecular weight is 362 g/mol. The second-order valence-electron chi connectivity index (χ2n) is 6.29. The van der Waals surface area contributed by atoms with Gasteiger partial charge in [0.15, 0.2) is 0 Å². The number of rotatable bonds is 6. The SMILES string of the molecule is CCC(=O)Nc1cccc(C(=O)N(Cc2ccco2)c2ccc(C)cc2)c1. The van der Waals surface area contributed by atoms with Gasteiger partial charge in [-0.2, -0.15) is 0 Å². The van der Waals surface area contributed by atoms with Gasteiger partial charge in [-0.1, -0.05) is 30.7 Å². The summed E-state index contributed by atoms with van der Waals surface area (Å²) in [6.07, 6.45) is 1.97. The summed E-state index contributed by atoms with van der Waals surface area (Å²) < 4.78 is 5.44. The molecule has 0 bridgehead atoms. The third kappa shape index (κ3) is 4.64. The monoisotopic (exact) mass is 362 g/mol. The molecule has 0 aliphatic rings. The Hall–Kier alpha value is -3.34. The van der Waals surface area contributed by atoms with Gasteiger partial charge in [0.05, 0.1) is 12.8 Å². The number of anilines is 2. The van der Waals surface area contributed by atoms with Crippen LogP contribution in [0, 0.1) is 6.92 Å². The highest BCUT2D eigenvalue weighted by molar-refractivity contribution is 6.07. The number of carbonyl (C=O) groups excluding carboxylic acids is 2. The average Bonchev–Trinajstić information content (AvgIpc) is 3.20. The van der Waals surface area contributed by atoms with Crippen LogP contribution < -0.4 is 10.2 Å². The second-order valence-corrected chi connectivity index (χ2v) is 6.29. The molecule has 0 spiro atoms. The third-order valence-corrected chi connectivity index (χ3v) is 4.20. The number of carbonyl (C=O) groups is 2. The van der Waals surface area contributed by atoms with Crippen molar-refractivity contribution in [3.63, 3.8) is 0 Å². The van der Waals surface area contributed by atoms with Crippen molar-refractivity contribution in [2.24, 2.45) is 0 Å². The summed E-state index contributed by atoms with van der Waals surface area (Å²) in [5.74, 6) is 0.438. The van der Waals surface area contributed by atoms with Gasteiger partial charge in [0.2, 0.25) is 5.91 Å². The summed E-state index contributed by atoms with van der Waals surface area (Å²) in [6, 6.07) is 18.4. The van der Waals surface area contributed by atoms with E-state index in [-0.39, 0.29) is 11.8 Å². The molecule has 2 amide bonds. The lowest BCUT2D eigenvalue weighted by molar-refractivity contribution is -0.115. The fourth-order valence-corrected chi connectivity index (χ4v) is 2.70. The highest BCUT2D eigenvalue weighted by atomic mass is 16.3. The molecular formula is C22H22N2O3. The number of benzene rings is 2. The number of aryl methyl sites for hydroxylation is 1. The molecule has 3 aromatic rings. The summed E-state index contributed by atoms with van der Waals surface area (Å²) in [6.45, 7) is 4.11. The zero-order valence-electron chi connectivity index (χ0n) is 15.4. The Morgan fingerprint density at radius 1 is 1.04 bits per heavy atom. The molecule has 0 radical (unpaired) electrons. The minimum absolute atomic E-state index is 0.0921. The van der Waals surface area contributed by atoms with Crippen LogP contribution in [0.25, 0.3) is 0 Å².